The summed E-state index contributed by atoms with van der Waals surface area (Å²) < 4.78 is 0. The number of imidazole rings is 1. The van der Waals surface area contributed by atoms with E-state index in [-0.39, 0.29) is 6.04 Å². The van der Waals surface area contributed by atoms with Gasteiger partial charge in [0.1, 0.15) is 5.82 Å². The maximum Gasteiger partial charge on any atom is 0.124 e. The molecular formula is C21H17N5. The van der Waals surface area contributed by atoms with Crippen LogP contribution in [0, 0.1) is 11.3 Å². The Kier molecular flexibility index (Phi) is 4.18. The number of aromatic nitrogens is 3. The van der Waals surface area contributed by atoms with E-state index in [1.165, 1.54) is 0 Å². The zero-order valence-electron chi connectivity index (χ0n) is 14.1. The van der Waals surface area contributed by atoms with Crippen LogP contribution in [-0.4, -0.2) is 15.0 Å². The molecule has 2 aromatic carbocycles. The van der Waals surface area contributed by atoms with Gasteiger partial charge in [-0.1, -0.05) is 18.2 Å². The first-order chi connectivity index (χ1) is 12.7. The molecule has 4 aromatic rings. The molecule has 26 heavy (non-hydrogen) atoms. The molecule has 0 amide bonds. The van der Waals surface area contributed by atoms with Crippen LogP contribution in [-0.2, 0) is 6.42 Å². The molecule has 0 aliphatic rings. The number of benzene rings is 2. The highest BCUT2D eigenvalue weighted by atomic mass is 15.0. The van der Waals surface area contributed by atoms with E-state index in [9.17, 15) is 0 Å². The van der Waals surface area contributed by atoms with E-state index >= 15 is 0 Å². The average molecular weight is 339 g/mol. The number of hydrogen-bond acceptors (Lipinski definition) is 4. The zero-order valence-corrected chi connectivity index (χ0v) is 14.1. The summed E-state index contributed by atoms with van der Waals surface area (Å²) in [5.41, 5.74) is 12.1. The molecule has 0 bridgehead atoms. The fourth-order valence-corrected chi connectivity index (χ4v) is 2.99. The van der Waals surface area contributed by atoms with Crippen molar-refractivity contribution in [1.82, 2.24) is 15.0 Å². The van der Waals surface area contributed by atoms with Crippen LogP contribution in [0.1, 0.15) is 23.0 Å². The molecule has 2 aromatic heterocycles. The normalized spacial score (nSPS) is 12.0. The molecule has 0 unspecified atom stereocenters. The molecule has 2 heterocycles. The fourth-order valence-electron chi connectivity index (χ4n) is 2.99. The number of nitrogens with zero attached hydrogens (tertiary/aromatic N) is 3. The number of hydrogen-bond donors (Lipinski definition) is 2. The molecule has 0 spiro atoms. The highest BCUT2D eigenvalue weighted by molar-refractivity contribution is 5.82. The van der Waals surface area contributed by atoms with Crippen LogP contribution in [0.15, 0.2) is 67.0 Å². The van der Waals surface area contributed by atoms with Crippen molar-refractivity contribution in [2.45, 2.75) is 12.5 Å². The molecule has 0 radical (unpaired) electrons. The summed E-state index contributed by atoms with van der Waals surface area (Å²) in [5.74, 6) is 0.760. The minimum Gasteiger partial charge on any atom is -0.341 e. The maximum atomic E-state index is 8.88. The molecule has 0 aliphatic carbocycles. The van der Waals surface area contributed by atoms with Gasteiger partial charge in [-0.2, -0.15) is 5.26 Å². The fraction of sp³-hybridized carbons (Fsp3) is 0.0952. The van der Waals surface area contributed by atoms with E-state index in [0.29, 0.717) is 12.0 Å². The standard InChI is InChI=1S/C21H17N5/c22-13-15-3-1-14(2-4-15)11-18(23)21-25-19-6-5-17(12-20(19)26-21)16-7-9-24-10-8-16/h1-10,12,18H,11,23H2,(H,25,26)/t18-/m0/s1. The molecule has 3 N–H and O–H groups in total. The lowest BCUT2D eigenvalue weighted by atomic mass is 10.0. The molecule has 0 aliphatic heterocycles. The Morgan fingerprint density at radius 1 is 1.00 bits per heavy atom. The van der Waals surface area contributed by atoms with Gasteiger partial charge in [-0.15, -0.1) is 0 Å². The molecule has 0 fully saturated rings. The minimum atomic E-state index is -0.236. The van der Waals surface area contributed by atoms with E-state index in [4.69, 9.17) is 11.0 Å². The van der Waals surface area contributed by atoms with Crippen molar-refractivity contribution in [3.05, 3.63) is 83.9 Å². The molecule has 0 saturated carbocycles. The second-order valence-electron chi connectivity index (χ2n) is 6.21. The molecule has 0 saturated heterocycles. The van der Waals surface area contributed by atoms with E-state index in [1.54, 1.807) is 12.4 Å². The van der Waals surface area contributed by atoms with Crippen LogP contribution in [0.5, 0.6) is 0 Å². The Morgan fingerprint density at radius 3 is 2.50 bits per heavy atom. The molecule has 5 heteroatoms. The summed E-state index contributed by atoms with van der Waals surface area (Å²) in [6.45, 7) is 0. The lowest BCUT2D eigenvalue weighted by Gasteiger charge is -2.08. The smallest absolute Gasteiger partial charge is 0.124 e. The number of nitrogens with two attached hydrogens (primary N) is 1. The van der Waals surface area contributed by atoms with Crippen molar-refractivity contribution in [3.8, 4) is 17.2 Å². The quantitative estimate of drug-likeness (QED) is 0.592. The van der Waals surface area contributed by atoms with Crippen LogP contribution in [0.2, 0.25) is 0 Å². The van der Waals surface area contributed by atoms with Gasteiger partial charge in [0.15, 0.2) is 0 Å². The highest BCUT2D eigenvalue weighted by Crippen LogP contribution is 2.24. The van der Waals surface area contributed by atoms with Crippen molar-refractivity contribution >= 4 is 11.0 Å². The summed E-state index contributed by atoms with van der Waals surface area (Å²) in [7, 11) is 0. The van der Waals surface area contributed by atoms with Gasteiger partial charge in [-0.3, -0.25) is 4.98 Å². The van der Waals surface area contributed by atoms with E-state index in [1.807, 2.05) is 42.5 Å². The third-order valence-electron chi connectivity index (χ3n) is 4.40. The van der Waals surface area contributed by atoms with E-state index in [0.717, 1.165) is 33.5 Å². The SMILES string of the molecule is N#Cc1ccc(C[C@H](N)c2nc3cc(-c4ccncc4)ccc3[nH]2)cc1. The third kappa shape index (κ3) is 3.18. The summed E-state index contributed by atoms with van der Waals surface area (Å²) in [6, 6.07) is 19.5. The van der Waals surface area contributed by atoms with Crippen molar-refractivity contribution in [1.29, 1.82) is 5.26 Å². The Morgan fingerprint density at radius 2 is 1.77 bits per heavy atom. The highest BCUT2D eigenvalue weighted by Gasteiger charge is 2.13. The van der Waals surface area contributed by atoms with E-state index in [2.05, 4.69) is 33.2 Å². The van der Waals surface area contributed by atoms with Gasteiger partial charge < -0.3 is 10.7 Å². The van der Waals surface area contributed by atoms with Crippen LogP contribution < -0.4 is 5.73 Å². The van der Waals surface area contributed by atoms with Crippen LogP contribution in [0.4, 0.5) is 0 Å². The van der Waals surface area contributed by atoms with Crippen molar-refractivity contribution in [2.75, 3.05) is 0 Å². The van der Waals surface area contributed by atoms with Gasteiger partial charge in [0.25, 0.3) is 0 Å². The Labute approximate surface area is 151 Å². The Hall–Kier alpha value is -3.49. The Bertz CT molecular complexity index is 1080. The van der Waals surface area contributed by atoms with Crippen molar-refractivity contribution in [3.63, 3.8) is 0 Å². The first-order valence-corrected chi connectivity index (χ1v) is 8.37. The topological polar surface area (TPSA) is 91.4 Å². The second-order valence-corrected chi connectivity index (χ2v) is 6.21. The number of rotatable bonds is 4. The van der Waals surface area contributed by atoms with E-state index < -0.39 is 0 Å². The number of aromatic amines is 1. The van der Waals surface area contributed by atoms with Crippen LogP contribution in [0.3, 0.4) is 0 Å². The summed E-state index contributed by atoms with van der Waals surface area (Å²) in [4.78, 5) is 12.1. The Balaban J connectivity index is 1.59. The molecule has 126 valence electrons. The number of nitrogens with one attached hydrogen (secondary N) is 1. The molecule has 4 rings (SSSR count). The first-order valence-electron chi connectivity index (χ1n) is 8.37. The van der Waals surface area contributed by atoms with Gasteiger partial charge in [0.05, 0.1) is 28.7 Å². The predicted octanol–water partition coefficient (Wildman–Crippen LogP) is 3.74. The van der Waals surface area contributed by atoms with Gasteiger partial charge in [0.2, 0.25) is 0 Å². The maximum absolute atomic E-state index is 8.88. The minimum absolute atomic E-state index is 0.236. The molecule has 5 nitrogen and oxygen atoms in total. The van der Waals surface area contributed by atoms with Crippen LogP contribution in [0.25, 0.3) is 22.2 Å². The zero-order chi connectivity index (χ0) is 17.9. The second kappa shape index (κ2) is 6.79. The summed E-state index contributed by atoms with van der Waals surface area (Å²) >= 11 is 0. The molecular weight excluding hydrogens is 322 g/mol. The average Bonchev–Trinajstić information content (AvgIpc) is 3.13. The van der Waals surface area contributed by atoms with Crippen molar-refractivity contribution in [2.24, 2.45) is 5.73 Å². The first kappa shape index (κ1) is 16.0. The molecule has 1 atom stereocenters. The lowest BCUT2D eigenvalue weighted by Crippen LogP contribution is -2.14. The number of nitriles is 1. The van der Waals surface area contributed by atoms with Gasteiger partial charge in [-0.25, -0.2) is 4.98 Å². The number of H-pyrrole nitrogens is 1. The van der Waals surface area contributed by atoms with Gasteiger partial charge in [-0.05, 0) is 59.5 Å². The van der Waals surface area contributed by atoms with Gasteiger partial charge >= 0.3 is 0 Å². The van der Waals surface area contributed by atoms with Crippen LogP contribution >= 0.6 is 0 Å². The number of pyridine rings is 1. The third-order valence-corrected chi connectivity index (χ3v) is 4.40. The monoisotopic (exact) mass is 339 g/mol. The lowest BCUT2D eigenvalue weighted by molar-refractivity contribution is 0.680. The largest absolute Gasteiger partial charge is 0.341 e. The summed E-state index contributed by atoms with van der Waals surface area (Å²) in [6.07, 6.45) is 4.22. The predicted molar refractivity (Wildman–Crippen MR) is 101 cm³/mol. The van der Waals surface area contributed by atoms with Crippen molar-refractivity contribution < 1.29 is 0 Å². The number of fused-ring (bicyclic) bond motifs is 1. The summed E-state index contributed by atoms with van der Waals surface area (Å²) in [5, 5.41) is 8.88. The van der Waals surface area contributed by atoms with Gasteiger partial charge in [0, 0.05) is 12.4 Å².